The van der Waals surface area contributed by atoms with Crippen molar-refractivity contribution >= 4 is 11.6 Å². The fourth-order valence-corrected chi connectivity index (χ4v) is 2.14. The van der Waals surface area contributed by atoms with Crippen LogP contribution in [0, 0.1) is 0 Å². The molecule has 0 spiro atoms. The van der Waals surface area contributed by atoms with Crippen LogP contribution >= 0.6 is 11.6 Å². The van der Waals surface area contributed by atoms with E-state index >= 15 is 0 Å². The van der Waals surface area contributed by atoms with Crippen molar-refractivity contribution in [2.45, 2.75) is 19.4 Å². The van der Waals surface area contributed by atoms with Gasteiger partial charge in [0.1, 0.15) is 5.75 Å². The minimum absolute atomic E-state index is 0.418. The lowest BCUT2D eigenvalue weighted by atomic mass is 10.1. The molecule has 4 nitrogen and oxygen atoms in total. The molecule has 0 saturated carbocycles. The second kappa shape index (κ2) is 5.81. The number of nitrogens with zero attached hydrogens (tertiary/aromatic N) is 2. The van der Waals surface area contributed by atoms with E-state index in [2.05, 4.69) is 10.1 Å². The van der Waals surface area contributed by atoms with Crippen LogP contribution in [0.15, 0.2) is 59.1 Å². The smallest absolute Gasteiger partial charge is 0.270 e. The Balaban J connectivity index is 1.83. The average Bonchev–Trinajstić information content (AvgIpc) is 3.01. The Morgan fingerprint density at radius 2 is 1.68 bits per heavy atom. The maximum Gasteiger partial charge on any atom is 0.270 e. The number of aromatic nitrogens is 2. The van der Waals surface area contributed by atoms with Crippen molar-refractivity contribution in [1.29, 1.82) is 0 Å². The number of halogens is 1. The lowest BCUT2D eigenvalue weighted by Gasteiger charge is -2.22. The molecule has 0 bridgehead atoms. The van der Waals surface area contributed by atoms with Gasteiger partial charge in [-0.15, -0.1) is 0 Å². The molecule has 22 heavy (non-hydrogen) atoms. The molecule has 0 aliphatic heterocycles. The number of hydrogen-bond donors (Lipinski definition) is 0. The Morgan fingerprint density at radius 3 is 2.36 bits per heavy atom. The molecule has 0 aliphatic carbocycles. The molecule has 0 unspecified atom stereocenters. The molecule has 0 amide bonds. The monoisotopic (exact) mass is 314 g/mol. The van der Waals surface area contributed by atoms with Crippen molar-refractivity contribution in [2.24, 2.45) is 0 Å². The summed E-state index contributed by atoms with van der Waals surface area (Å²) in [5.41, 5.74) is 0.160. The molecule has 3 aromatic rings. The van der Waals surface area contributed by atoms with Crippen LogP contribution in [0.2, 0.25) is 5.02 Å². The summed E-state index contributed by atoms with van der Waals surface area (Å²) >= 11 is 5.87. The van der Waals surface area contributed by atoms with Gasteiger partial charge < -0.3 is 9.26 Å². The van der Waals surface area contributed by atoms with Gasteiger partial charge in [0.05, 0.1) is 0 Å². The largest absolute Gasteiger partial charge is 0.478 e. The topological polar surface area (TPSA) is 48.2 Å². The first-order valence-corrected chi connectivity index (χ1v) is 7.26. The van der Waals surface area contributed by atoms with E-state index in [-0.39, 0.29) is 0 Å². The zero-order chi connectivity index (χ0) is 15.6. The normalized spacial score (nSPS) is 11.4. The molecule has 0 N–H and O–H groups in total. The highest BCUT2D eigenvalue weighted by Crippen LogP contribution is 2.28. The predicted octanol–water partition coefficient (Wildman–Crippen LogP) is 4.70. The average molecular weight is 315 g/mol. The van der Waals surface area contributed by atoms with E-state index in [0.717, 1.165) is 5.56 Å². The van der Waals surface area contributed by atoms with Gasteiger partial charge in [0, 0.05) is 10.6 Å². The summed E-state index contributed by atoms with van der Waals surface area (Å²) in [6.07, 6.45) is 0. The van der Waals surface area contributed by atoms with Crippen LogP contribution in [0.3, 0.4) is 0 Å². The first-order chi connectivity index (χ1) is 10.5. The number of hydrogen-bond acceptors (Lipinski definition) is 4. The van der Waals surface area contributed by atoms with Crippen LogP contribution < -0.4 is 4.74 Å². The summed E-state index contributed by atoms with van der Waals surface area (Å²) in [5, 5.41) is 4.68. The molecular weight excluding hydrogens is 300 g/mol. The first-order valence-electron chi connectivity index (χ1n) is 6.89. The Labute approximate surface area is 133 Å². The molecule has 0 radical (unpaired) electrons. The van der Waals surface area contributed by atoms with E-state index in [4.69, 9.17) is 20.9 Å². The van der Waals surface area contributed by atoms with Crippen molar-refractivity contribution in [3.8, 4) is 17.1 Å². The quantitative estimate of drug-likeness (QED) is 0.700. The molecule has 0 aliphatic rings. The Bertz CT molecular complexity index is 752. The molecule has 1 heterocycles. The number of ether oxygens (including phenoxy) is 1. The summed E-state index contributed by atoms with van der Waals surface area (Å²) in [6, 6.07) is 16.8. The second-order valence-electron chi connectivity index (χ2n) is 5.36. The Kier molecular flexibility index (Phi) is 3.86. The number of rotatable bonds is 4. The van der Waals surface area contributed by atoms with Gasteiger partial charge in [0.2, 0.25) is 5.82 Å². The second-order valence-corrected chi connectivity index (χ2v) is 5.79. The predicted molar refractivity (Wildman–Crippen MR) is 84.8 cm³/mol. The van der Waals surface area contributed by atoms with Gasteiger partial charge in [-0.05, 0) is 38.1 Å². The van der Waals surface area contributed by atoms with E-state index in [9.17, 15) is 0 Å². The molecule has 0 fully saturated rings. The maximum absolute atomic E-state index is 5.94. The van der Waals surface area contributed by atoms with Gasteiger partial charge >= 0.3 is 0 Å². The minimum atomic E-state index is -0.742. The van der Waals surface area contributed by atoms with E-state index in [1.54, 1.807) is 24.3 Å². The van der Waals surface area contributed by atoms with Crippen molar-refractivity contribution in [3.63, 3.8) is 0 Å². The molecule has 0 saturated heterocycles. The summed E-state index contributed by atoms with van der Waals surface area (Å²) in [6.45, 7) is 3.76. The van der Waals surface area contributed by atoms with Crippen LogP contribution in [0.4, 0.5) is 0 Å². The molecule has 112 valence electrons. The fourth-order valence-electron chi connectivity index (χ4n) is 2.01. The number of benzene rings is 2. The highest BCUT2D eigenvalue weighted by molar-refractivity contribution is 6.30. The summed E-state index contributed by atoms with van der Waals surface area (Å²) in [5.74, 6) is 1.65. The Hall–Kier alpha value is -2.33. The van der Waals surface area contributed by atoms with Gasteiger partial charge in [-0.25, -0.2) is 0 Å². The van der Waals surface area contributed by atoms with Gasteiger partial charge in [-0.3, -0.25) is 0 Å². The third-order valence-corrected chi connectivity index (χ3v) is 3.41. The van der Waals surface area contributed by atoms with Crippen LogP contribution in [0.25, 0.3) is 11.4 Å². The molecule has 1 aromatic heterocycles. The highest BCUT2D eigenvalue weighted by Gasteiger charge is 2.30. The van der Waals surface area contributed by atoms with Crippen LogP contribution in [-0.2, 0) is 5.60 Å². The van der Waals surface area contributed by atoms with Gasteiger partial charge in [-0.2, -0.15) is 4.98 Å². The van der Waals surface area contributed by atoms with Crippen molar-refractivity contribution in [3.05, 3.63) is 65.5 Å². The lowest BCUT2D eigenvalue weighted by Crippen LogP contribution is -2.25. The van der Waals surface area contributed by atoms with E-state index in [1.165, 1.54) is 0 Å². The minimum Gasteiger partial charge on any atom is -0.478 e. The molecular formula is C17H15ClN2O2. The summed E-state index contributed by atoms with van der Waals surface area (Å²) in [4.78, 5) is 4.44. The standard InChI is InChI=1S/C17H15ClN2O2/c1-17(2,21-14-10-8-13(18)9-11-14)16-19-15(20-22-16)12-6-4-3-5-7-12/h3-11H,1-2H3. The zero-order valence-corrected chi connectivity index (χ0v) is 13.0. The SMILES string of the molecule is CC(C)(Oc1ccc(Cl)cc1)c1nc(-c2ccccc2)no1. The van der Waals surface area contributed by atoms with Gasteiger partial charge in [-0.1, -0.05) is 47.1 Å². The van der Waals surface area contributed by atoms with Crippen molar-refractivity contribution < 1.29 is 9.26 Å². The molecule has 5 heteroatoms. The van der Waals surface area contributed by atoms with Gasteiger partial charge in [0.25, 0.3) is 5.89 Å². The van der Waals surface area contributed by atoms with E-state index in [1.807, 2.05) is 44.2 Å². The first kappa shape index (κ1) is 14.6. The van der Waals surface area contributed by atoms with Crippen molar-refractivity contribution in [1.82, 2.24) is 10.1 Å². The summed E-state index contributed by atoms with van der Waals surface area (Å²) < 4.78 is 11.3. The zero-order valence-electron chi connectivity index (χ0n) is 12.3. The van der Waals surface area contributed by atoms with Crippen molar-refractivity contribution in [2.75, 3.05) is 0 Å². The fraction of sp³-hybridized carbons (Fsp3) is 0.176. The molecule has 3 rings (SSSR count). The van der Waals surface area contributed by atoms with E-state index in [0.29, 0.717) is 22.5 Å². The maximum atomic E-state index is 5.94. The van der Waals surface area contributed by atoms with Crippen LogP contribution in [0.1, 0.15) is 19.7 Å². The van der Waals surface area contributed by atoms with Crippen LogP contribution in [0.5, 0.6) is 5.75 Å². The lowest BCUT2D eigenvalue weighted by molar-refractivity contribution is 0.0692. The van der Waals surface area contributed by atoms with Gasteiger partial charge in [0.15, 0.2) is 5.60 Å². The molecule has 2 aromatic carbocycles. The molecule has 0 atom stereocenters. The third-order valence-electron chi connectivity index (χ3n) is 3.16. The Morgan fingerprint density at radius 1 is 1.00 bits per heavy atom. The third kappa shape index (κ3) is 3.12. The summed E-state index contributed by atoms with van der Waals surface area (Å²) in [7, 11) is 0. The van der Waals surface area contributed by atoms with Crippen LogP contribution in [-0.4, -0.2) is 10.1 Å². The highest BCUT2D eigenvalue weighted by atomic mass is 35.5. The van der Waals surface area contributed by atoms with E-state index < -0.39 is 5.60 Å².